The summed E-state index contributed by atoms with van der Waals surface area (Å²) >= 11 is 4.99. The Kier molecular flexibility index (Phi) is 2.88. The number of hydrogen-bond acceptors (Lipinski definition) is 1. The highest BCUT2D eigenvalue weighted by Crippen LogP contribution is 2.33. The van der Waals surface area contributed by atoms with Crippen molar-refractivity contribution in [2.24, 2.45) is 0 Å². The van der Waals surface area contributed by atoms with Gasteiger partial charge in [0.15, 0.2) is 0 Å². The largest absolute Gasteiger partial charge is 0.205 e. The maximum absolute atomic E-state index is 13.7. The van der Waals surface area contributed by atoms with Gasteiger partial charge in [-0.05, 0) is 12.0 Å². The topological polar surface area (TPSA) is 0 Å². The predicted octanol–water partition coefficient (Wildman–Crippen LogP) is 4.50. The first-order valence-electron chi connectivity index (χ1n) is 4.52. The van der Waals surface area contributed by atoms with Crippen LogP contribution in [0.1, 0.15) is 17.4 Å². The van der Waals surface area contributed by atoms with E-state index in [1.807, 2.05) is 25.1 Å². The summed E-state index contributed by atoms with van der Waals surface area (Å²) in [5.74, 6) is -0.0321. The first-order chi connectivity index (χ1) is 6.77. The Morgan fingerprint density at radius 3 is 2.86 bits per heavy atom. The van der Waals surface area contributed by atoms with E-state index >= 15 is 0 Å². The monoisotopic (exact) mass is 272 g/mol. The number of aryl methyl sites for hydroxylation is 1. The summed E-state index contributed by atoms with van der Waals surface area (Å²) in [5, 5.41) is 1.55. The molecule has 0 radical (unpaired) electrons. The fourth-order valence-corrected chi connectivity index (χ4v) is 3.31. The van der Waals surface area contributed by atoms with Gasteiger partial charge in [-0.15, -0.1) is 11.3 Å². The average Bonchev–Trinajstić information content (AvgIpc) is 2.55. The second kappa shape index (κ2) is 3.99. The van der Waals surface area contributed by atoms with Crippen LogP contribution in [0.15, 0.2) is 18.2 Å². The molecular formula is C11H10BrFS. The minimum Gasteiger partial charge on any atom is -0.205 e. The summed E-state index contributed by atoms with van der Waals surface area (Å²) in [6, 6.07) is 5.80. The molecule has 0 spiro atoms. The van der Waals surface area contributed by atoms with Crippen LogP contribution < -0.4 is 0 Å². The lowest BCUT2D eigenvalue weighted by atomic mass is 10.2. The number of alkyl halides is 1. The Labute approximate surface area is 94.9 Å². The zero-order chi connectivity index (χ0) is 10.1. The fourth-order valence-electron chi connectivity index (χ4n) is 1.53. The van der Waals surface area contributed by atoms with Gasteiger partial charge in [-0.1, -0.05) is 41.1 Å². The standard InChI is InChI=1S/C11H10BrFS/c1-2-9-10(13)8-5-3-4-7(6-12)11(8)14-9/h3-5H,2,6H2,1H3. The number of rotatable bonds is 2. The Morgan fingerprint density at radius 1 is 1.43 bits per heavy atom. The van der Waals surface area contributed by atoms with E-state index in [1.54, 1.807) is 11.3 Å². The zero-order valence-corrected chi connectivity index (χ0v) is 10.2. The zero-order valence-electron chi connectivity index (χ0n) is 7.81. The minimum atomic E-state index is -0.0321. The van der Waals surface area contributed by atoms with E-state index in [0.717, 1.165) is 26.7 Å². The second-order valence-corrected chi connectivity index (χ2v) is 4.79. The van der Waals surface area contributed by atoms with Crippen molar-refractivity contribution in [3.8, 4) is 0 Å². The molecule has 0 aliphatic rings. The third-order valence-electron chi connectivity index (χ3n) is 2.27. The molecule has 0 nitrogen and oxygen atoms in total. The Morgan fingerprint density at radius 2 is 2.21 bits per heavy atom. The van der Waals surface area contributed by atoms with Crippen LogP contribution in [0.3, 0.4) is 0 Å². The lowest BCUT2D eigenvalue weighted by molar-refractivity contribution is 0.631. The lowest BCUT2D eigenvalue weighted by Crippen LogP contribution is -1.78. The molecule has 0 aliphatic heterocycles. The quantitative estimate of drug-likeness (QED) is 0.707. The van der Waals surface area contributed by atoms with Crippen molar-refractivity contribution in [1.82, 2.24) is 0 Å². The first kappa shape index (κ1) is 10.1. The van der Waals surface area contributed by atoms with Crippen molar-refractivity contribution >= 4 is 37.4 Å². The molecule has 0 amide bonds. The molecule has 0 unspecified atom stereocenters. The van der Waals surface area contributed by atoms with Gasteiger partial charge in [-0.25, -0.2) is 4.39 Å². The van der Waals surface area contributed by atoms with Crippen LogP contribution in [-0.4, -0.2) is 0 Å². The highest BCUT2D eigenvalue weighted by atomic mass is 79.9. The predicted molar refractivity (Wildman–Crippen MR) is 63.8 cm³/mol. The second-order valence-electron chi connectivity index (χ2n) is 3.12. The molecule has 0 saturated carbocycles. The van der Waals surface area contributed by atoms with Gasteiger partial charge in [0.2, 0.25) is 0 Å². The third-order valence-corrected chi connectivity index (χ3v) is 4.27. The Balaban J connectivity index is 2.77. The van der Waals surface area contributed by atoms with Gasteiger partial charge < -0.3 is 0 Å². The molecule has 1 aromatic heterocycles. The average molecular weight is 273 g/mol. The molecule has 0 atom stereocenters. The molecule has 1 heterocycles. The van der Waals surface area contributed by atoms with Crippen LogP contribution in [0.4, 0.5) is 4.39 Å². The molecular weight excluding hydrogens is 263 g/mol. The van der Waals surface area contributed by atoms with Crippen molar-refractivity contribution in [3.05, 3.63) is 34.5 Å². The number of thiophene rings is 1. The lowest BCUT2D eigenvalue weighted by Gasteiger charge is -1.95. The maximum atomic E-state index is 13.7. The molecule has 0 saturated heterocycles. The first-order valence-corrected chi connectivity index (χ1v) is 6.46. The van der Waals surface area contributed by atoms with Gasteiger partial charge in [-0.3, -0.25) is 0 Å². The van der Waals surface area contributed by atoms with E-state index in [9.17, 15) is 4.39 Å². The smallest absolute Gasteiger partial charge is 0.144 e. The van der Waals surface area contributed by atoms with E-state index in [2.05, 4.69) is 15.9 Å². The molecule has 1 aromatic carbocycles. The van der Waals surface area contributed by atoms with Crippen LogP contribution in [-0.2, 0) is 11.8 Å². The molecule has 74 valence electrons. The summed E-state index contributed by atoms with van der Waals surface area (Å²) in [5.41, 5.74) is 1.17. The normalized spacial score (nSPS) is 11.1. The number of fused-ring (bicyclic) bond motifs is 1. The van der Waals surface area contributed by atoms with E-state index in [4.69, 9.17) is 0 Å². The van der Waals surface area contributed by atoms with E-state index in [1.165, 1.54) is 5.56 Å². The molecule has 2 rings (SSSR count). The van der Waals surface area contributed by atoms with Crippen LogP contribution in [0.2, 0.25) is 0 Å². The maximum Gasteiger partial charge on any atom is 0.144 e. The Bertz CT molecular complexity index is 462. The van der Waals surface area contributed by atoms with Gasteiger partial charge in [0.25, 0.3) is 0 Å². The molecule has 3 heteroatoms. The summed E-state index contributed by atoms with van der Waals surface area (Å²) in [7, 11) is 0. The fraction of sp³-hybridized carbons (Fsp3) is 0.273. The summed E-state index contributed by atoms with van der Waals surface area (Å²) in [6.07, 6.45) is 0.771. The molecule has 0 bridgehead atoms. The summed E-state index contributed by atoms with van der Waals surface area (Å²) in [6.45, 7) is 1.99. The SMILES string of the molecule is CCc1sc2c(CBr)cccc2c1F. The van der Waals surface area contributed by atoms with Crippen LogP contribution in [0.5, 0.6) is 0 Å². The van der Waals surface area contributed by atoms with Crippen LogP contribution in [0, 0.1) is 5.82 Å². The number of halogens is 2. The highest BCUT2D eigenvalue weighted by molar-refractivity contribution is 9.08. The van der Waals surface area contributed by atoms with Crippen molar-refractivity contribution in [2.45, 2.75) is 18.7 Å². The molecule has 0 fully saturated rings. The van der Waals surface area contributed by atoms with Crippen LogP contribution in [0.25, 0.3) is 10.1 Å². The van der Waals surface area contributed by atoms with Gasteiger partial charge in [0.1, 0.15) is 5.82 Å². The van der Waals surface area contributed by atoms with Gasteiger partial charge in [-0.2, -0.15) is 0 Å². The van der Waals surface area contributed by atoms with E-state index in [-0.39, 0.29) is 5.82 Å². The molecule has 14 heavy (non-hydrogen) atoms. The van der Waals surface area contributed by atoms with Gasteiger partial charge >= 0.3 is 0 Å². The molecule has 0 N–H and O–H groups in total. The summed E-state index contributed by atoms with van der Waals surface area (Å²) in [4.78, 5) is 0.855. The minimum absolute atomic E-state index is 0.0321. The molecule has 2 aromatic rings. The van der Waals surface area contributed by atoms with Gasteiger partial charge in [0, 0.05) is 20.3 Å². The number of hydrogen-bond donors (Lipinski definition) is 0. The van der Waals surface area contributed by atoms with E-state index < -0.39 is 0 Å². The summed E-state index contributed by atoms with van der Waals surface area (Å²) < 4.78 is 14.8. The highest BCUT2D eigenvalue weighted by Gasteiger charge is 2.12. The Hall–Kier alpha value is -0.410. The van der Waals surface area contributed by atoms with Gasteiger partial charge in [0.05, 0.1) is 0 Å². The number of benzene rings is 1. The van der Waals surface area contributed by atoms with Crippen molar-refractivity contribution < 1.29 is 4.39 Å². The van der Waals surface area contributed by atoms with Crippen LogP contribution >= 0.6 is 27.3 Å². The van der Waals surface area contributed by atoms with Crippen molar-refractivity contribution in [3.63, 3.8) is 0 Å². The van der Waals surface area contributed by atoms with Crippen molar-refractivity contribution in [2.75, 3.05) is 0 Å². The molecule has 0 aliphatic carbocycles. The van der Waals surface area contributed by atoms with E-state index in [0.29, 0.717) is 0 Å². The van der Waals surface area contributed by atoms with Crippen molar-refractivity contribution in [1.29, 1.82) is 0 Å². The third kappa shape index (κ3) is 1.48.